The fourth-order valence-electron chi connectivity index (χ4n) is 2.55. The molecule has 0 N–H and O–H groups in total. The third-order valence-electron chi connectivity index (χ3n) is 3.52. The molecular weight excluding hydrogens is 248 g/mol. The van der Waals surface area contributed by atoms with Crippen LogP contribution in [0.25, 0.3) is 10.8 Å². The number of fused-ring (bicyclic) bond motifs is 1. The smallest absolute Gasteiger partial charge is 0.165 e. The van der Waals surface area contributed by atoms with Crippen LogP contribution in [0.4, 0.5) is 0 Å². The van der Waals surface area contributed by atoms with Gasteiger partial charge in [0.2, 0.25) is 0 Å². The van der Waals surface area contributed by atoms with Gasteiger partial charge in [0.05, 0.1) is 0 Å². The molecule has 106 valence electrons. The first-order chi connectivity index (χ1) is 9.76. The van der Waals surface area contributed by atoms with Gasteiger partial charge < -0.3 is 4.74 Å². The average molecular weight is 270 g/mol. The first-order valence-electron chi connectivity index (χ1n) is 7.37. The highest BCUT2D eigenvalue weighted by Gasteiger charge is 2.18. The van der Waals surface area contributed by atoms with Crippen LogP contribution in [-0.2, 0) is 16.0 Å². The number of rotatable bonds is 7. The Hall–Kier alpha value is -1.67. The van der Waals surface area contributed by atoms with E-state index >= 15 is 0 Å². The van der Waals surface area contributed by atoms with Gasteiger partial charge in [0.15, 0.2) is 5.78 Å². The lowest BCUT2D eigenvalue weighted by Crippen LogP contribution is -2.26. The summed E-state index contributed by atoms with van der Waals surface area (Å²) < 4.78 is 5.58. The molecule has 0 radical (unpaired) electrons. The summed E-state index contributed by atoms with van der Waals surface area (Å²) in [6.07, 6.45) is 1.96. The number of Topliss-reactive ketones (excluding diaryl/α,β-unsaturated/α-hetero) is 1. The lowest BCUT2D eigenvalue weighted by Gasteiger charge is -2.15. The molecule has 0 saturated carbocycles. The molecule has 1 unspecified atom stereocenters. The van der Waals surface area contributed by atoms with Crippen LogP contribution in [0.2, 0.25) is 0 Å². The Morgan fingerprint density at radius 2 is 1.85 bits per heavy atom. The molecule has 0 aliphatic carbocycles. The minimum absolute atomic E-state index is 0.185. The van der Waals surface area contributed by atoms with Gasteiger partial charge in [0.25, 0.3) is 0 Å². The Kier molecular flexibility index (Phi) is 5.31. The summed E-state index contributed by atoms with van der Waals surface area (Å²) in [6, 6.07) is 14.3. The number of carbonyl (C=O) groups is 1. The maximum Gasteiger partial charge on any atom is 0.165 e. The summed E-state index contributed by atoms with van der Waals surface area (Å²) in [5.41, 5.74) is 1.09. The Morgan fingerprint density at radius 1 is 1.10 bits per heavy atom. The van der Waals surface area contributed by atoms with Crippen LogP contribution >= 0.6 is 0 Å². The van der Waals surface area contributed by atoms with E-state index in [-0.39, 0.29) is 11.9 Å². The zero-order valence-corrected chi connectivity index (χ0v) is 12.3. The fraction of sp³-hybridized carbons (Fsp3) is 0.389. The van der Waals surface area contributed by atoms with Crippen LogP contribution in [0.3, 0.4) is 0 Å². The second-order valence-electron chi connectivity index (χ2n) is 5.01. The van der Waals surface area contributed by atoms with Gasteiger partial charge in [-0.15, -0.1) is 0 Å². The molecule has 0 bridgehead atoms. The van der Waals surface area contributed by atoms with E-state index in [0.717, 1.165) is 23.8 Å². The van der Waals surface area contributed by atoms with E-state index in [1.807, 2.05) is 31.2 Å². The highest BCUT2D eigenvalue weighted by atomic mass is 16.5. The summed E-state index contributed by atoms with van der Waals surface area (Å²) in [7, 11) is 0. The van der Waals surface area contributed by atoms with Crippen molar-refractivity contribution in [3.05, 3.63) is 48.0 Å². The van der Waals surface area contributed by atoms with Crippen molar-refractivity contribution in [2.75, 3.05) is 6.61 Å². The van der Waals surface area contributed by atoms with Crippen LogP contribution in [0, 0.1) is 0 Å². The van der Waals surface area contributed by atoms with Gasteiger partial charge in [-0.1, -0.05) is 55.8 Å². The molecule has 2 aromatic rings. The minimum atomic E-state index is -0.260. The first kappa shape index (κ1) is 14.7. The Balaban J connectivity index is 2.20. The third kappa shape index (κ3) is 3.45. The lowest BCUT2D eigenvalue weighted by molar-refractivity contribution is -0.130. The zero-order valence-electron chi connectivity index (χ0n) is 12.3. The largest absolute Gasteiger partial charge is 0.371 e. The maximum atomic E-state index is 12.4. The molecule has 0 spiro atoms. The van der Waals surface area contributed by atoms with Gasteiger partial charge in [-0.05, 0) is 29.7 Å². The average Bonchev–Trinajstić information content (AvgIpc) is 2.47. The highest BCUT2D eigenvalue weighted by molar-refractivity contribution is 5.92. The molecular formula is C18H22O2. The van der Waals surface area contributed by atoms with E-state index in [9.17, 15) is 4.79 Å². The van der Waals surface area contributed by atoms with Gasteiger partial charge in [0, 0.05) is 13.0 Å². The molecule has 2 rings (SSSR count). The normalized spacial score (nSPS) is 12.5. The standard InChI is InChI=1S/C18H22O2/c1-3-8-18(20-4-2)17(19)13-15-11-7-10-14-9-5-6-12-16(14)15/h5-7,9-12,18H,3-4,8,13H2,1-2H3. The van der Waals surface area contributed by atoms with Gasteiger partial charge in [-0.25, -0.2) is 0 Å². The highest BCUT2D eigenvalue weighted by Crippen LogP contribution is 2.20. The van der Waals surface area contributed by atoms with E-state index in [0.29, 0.717) is 13.0 Å². The number of ketones is 1. The van der Waals surface area contributed by atoms with E-state index in [4.69, 9.17) is 4.74 Å². The molecule has 0 aliphatic heterocycles. The number of hydrogen-bond acceptors (Lipinski definition) is 2. The predicted octanol–water partition coefficient (Wildman–Crippen LogP) is 4.16. The zero-order chi connectivity index (χ0) is 14.4. The Labute approximate surface area is 120 Å². The monoisotopic (exact) mass is 270 g/mol. The van der Waals surface area contributed by atoms with Crippen molar-refractivity contribution in [3.63, 3.8) is 0 Å². The first-order valence-corrected chi connectivity index (χ1v) is 7.37. The molecule has 2 aromatic carbocycles. The van der Waals surface area contributed by atoms with Crippen molar-refractivity contribution in [2.24, 2.45) is 0 Å². The third-order valence-corrected chi connectivity index (χ3v) is 3.52. The quantitative estimate of drug-likeness (QED) is 0.755. The van der Waals surface area contributed by atoms with E-state index < -0.39 is 0 Å². The van der Waals surface area contributed by atoms with Gasteiger partial charge in [-0.2, -0.15) is 0 Å². The van der Waals surface area contributed by atoms with Gasteiger partial charge >= 0.3 is 0 Å². The molecule has 0 aromatic heterocycles. The maximum absolute atomic E-state index is 12.4. The topological polar surface area (TPSA) is 26.3 Å². The molecule has 1 atom stereocenters. The van der Waals surface area contributed by atoms with E-state index in [1.165, 1.54) is 5.39 Å². The summed E-state index contributed by atoms with van der Waals surface area (Å²) in [6.45, 7) is 4.61. The molecule has 2 nitrogen and oxygen atoms in total. The van der Waals surface area contributed by atoms with Crippen molar-refractivity contribution in [1.29, 1.82) is 0 Å². The summed E-state index contributed by atoms with van der Waals surface area (Å²) in [5.74, 6) is 0.185. The second kappa shape index (κ2) is 7.20. The second-order valence-corrected chi connectivity index (χ2v) is 5.01. The SMILES string of the molecule is CCCC(OCC)C(=O)Cc1cccc2ccccc12. The summed E-state index contributed by atoms with van der Waals surface area (Å²) in [4.78, 5) is 12.4. The van der Waals surface area contributed by atoms with Crippen molar-refractivity contribution in [1.82, 2.24) is 0 Å². The van der Waals surface area contributed by atoms with Crippen LogP contribution in [0.5, 0.6) is 0 Å². The Bertz CT molecular complexity index is 563. The van der Waals surface area contributed by atoms with Crippen molar-refractivity contribution in [3.8, 4) is 0 Å². The van der Waals surface area contributed by atoms with Crippen LogP contribution < -0.4 is 0 Å². The van der Waals surface area contributed by atoms with Crippen molar-refractivity contribution < 1.29 is 9.53 Å². The molecule has 0 amide bonds. The lowest BCUT2D eigenvalue weighted by atomic mass is 9.97. The minimum Gasteiger partial charge on any atom is -0.371 e. The molecule has 0 fully saturated rings. The fourth-order valence-corrected chi connectivity index (χ4v) is 2.55. The summed E-state index contributed by atoms with van der Waals surface area (Å²) >= 11 is 0. The molecule has 0 aliphatic rings. The molecule has 2 heteroatoms. The number of carbonyl (C=O) groups excluding carboxylic acids is 1. The van der Waals surface area contributed by atoms with E-state index in [2.05, 4.69) is 25.1 Å². The van der Waals surface area contributed by atoms with Crippen LogP contribution in [0.1, 0.15) is 32.3 Å². The number of hydrogen-bond donors (Lipinski definition) is 0. The van der Waals surface area contributed by atoms with Crippen LogP contribution in [-0.4, -0.2) is 18.5 Å². The predicted molar refractivity (Wildman–Crippen MR) is 83.0 cm³/mol. The summed E-state index contributed by atoms with van der Waals surface area (Å²) in [5, 5.41) is 2.34. The van der Waals surface area contributed by atoms with Crippen molar-refractivity contribution in [2.45, 2.75) is 39.2 Å². The Morgan fingerprint density at radius 3 is 2.60 bits per heavy atom. The van der Waals surface area contributed by atoms with Crippen LogP contribution in [0.15, 0.2) is 42.5 Å². The van der Waals surface area contributed by atoms with E-state index in [1.54, 1.807) is 0 Å². The molecule has 0 saturated heterocycles. The molecule has 0 heterocycles. The van der Waals surface area contributed by atoms with Gasteiger partial charge in [-0.3, -0.25) is 4.79 Å². The van der Waals surface area contributed by atoms with Crippen molar-refractivity contribution >= 4 is 16.6 Å². The van der Waals surface area contributed by atoms with Gasteiger partial charge in [0.1, 0.15) is 6.10 Å². The number of benzene rings is 2. The molecule has 20 heavy (non-hydrogen) atoms. The number of ether oxygens (including phenoxy) is 1.